The number of rotatable bonds is 6. The Hall–Kier alpha value is -2.21. The molecule has 0 atom stereocenters. The third-order valence-electron chi connectivity index (χ3n) is 3.85. The lowest BCUT2D eigenvalue weighted by molar-refractivity contribution is 0.0950. The molecule has 6 heteroatoms. The first kappa shape index (κ1) is 17.6. The molecule has 0 aliphatic carbocycles. The number of anilines is 1. The van der Waals surface area contributed by atoms with Crippen LogP contribution in [-0.4, -0.2) is 19.2 Å². The monoisotopic (exact) mass is 404 g/mol. The van der Waals surface area contributed by atoms with Crippen LogP contribution in [0, 0.1) is 5.92 Å². The van der Waals surface area contributed by atoms with Crippen molar-refractivity contribution in [3.8, 4) is 11.5 Å². The van der Waals surface area contributed by atoms with Gasteiger partial charge < -0.3 is 20.1 Å². The molecule has 0 saturated carbocycles. The molecule has 1 aliphatic rings. The van der Waals surface area contributed by atoms with Crippen LogP contribution in [0.3, 0.4) is 0 Å². The summed E-state index contributed by atoms with van der Waals surface area (Å²) in [5.74, 6) is 1.82. The summed E-state index contributed by atoms with van der Waals surface area (Å²) in [6, 6.07) is 11.4. The van der Waals surface area contributed by atoms with Gasteiger partial charge in [0.1, 0.15) is 0 Å². The first-order valence-electron chi connectivity index (χ1n) is 8.23. The van der Waals surface area contributed by atoms with E-state index in [0.717, 1.165) is 27.2 Å². The molecule has 1 heterocycles. The van der Waals surface area contributed by atoms with E-state index >= 15 is 0 Å². The normalized spacial score (nSPS) is 12.3. The standard InChI is InChI=1S/C19H21BrN2O3/c1-12(2)9-22-19(23)14-5-3-4-6-16(14)21-10-13-7-17-18(8-15(13)20)25-11-24-17/h3-8,12,21H,9-11H2,1-2H3,(H,22,23). The topological polar surface area (TPSA) is 59.6 Å². The summed E-state index contributed by atoms with van der Waals surface area (Å²) in [5.41, 5.74) is 2.47. The molecule has 3 rings (SSSR count). The predicted octanol–water partition coefficient (Wildman–Crippen LogP) is 4.18. The van der Waals surface area contributed by atoms with Crippen LogP contribution in [-0.2, 0) is 6.54 Å². The molecule has 5 nitrogen and oxygen atoms in total. The highest BCUT2D eigenvalue weighted by molar-refractivity contribution is 9.10. The summed E-state index contributed by atoms with van der Waals surface area (Å²) in [6.45, 7) is 5.60. The summed E-state index contributed by atoms with van der Waals surface area (Å²) in [7, 11) is 0. The average molecular weight is 405 g/mol. The summed E-state index contributed by atoms with van der Waals surface area (Å²) in [5, 5.41) is 6.30. The maximum atomic E-state index is 12.4. The van der Waals surface area contributed by atoms with E-state index in [-0.39, 0.29) is 12.7 Å². The zero-order chi connectivity index (χ0) is 17.8. The Kier molecular flexibility index (Phi) is 5.48. The lowest BCUT2D eigenvalue weighted by Crippen LogP contribution is -2.28. The maximum absolute atomic E-state index is 12.4. The zero-order valence-corrected chi connectivity index (χ0v) is 15.9. The number of carbonyl (C=O) groups excluding carboxylic acids is 1. The molecule has 0 aromatic heterocycles. The van der Waals surface area contributed by atoms with Crippen LogP contribution in [0.5, 0.6) is 11.5 Å². The van der Waals surface area contributed by atoms with E-state index in [1.165, 1.54) is 0 Å². The summed E-state index contributed by atoms with van der Waals surface area (Å²) >= 11 is 3.56. The fourth-order valence-electron chi connectivity index (χ4n) is 2.51. The van der Waals surface area contributed by atoms with E-state index in [4.69, 9.17) is 9.47 Å². The van der Waals surface area contributed by atoms with Gasteiger partial charge in [-0.25, -0.2) is 0 Å². The van der Waals surface area contributed by atoms with Gasteiger partial charge >= 0.3 is 0 Å². The van der Waals surface area contributed by atoms with E-state index in [9.17, 15) is 4.79 Å². The largest absolute Gasteiger partial charge is 0.454 e. The number of nitrogens with one attached hydrogen (secondary N) is 2. The first-order valence-corrected chi connectivity index (χ1v) is 9.03. The Morgan fingerprint density at radius 3 is 2.68 bits per heavy atom. The lowest BCUT2D eigenvalue weighted by Gasteiger charge is -2.14. The summed E-state index contributed by atoms with van der Waals surface area (Å²) < 4.78 is 11.7. The third-order valence-corrected chi connectivity index (χ3v) is 4.59. The Balaban J connectivity index is 1.73. The van der Waals surface area contributed by atoms with Crippen LogP contribution in [0.25, 0.3) is 0 Å². The van der Waals surface area contributed by atoms with Crippen LogP contribution in [0.4, 0.5) is 5.69 Å². The van der Waals surface area contributed by atoms with Gasteiger partial charge in [-0.2, -0.15) is 0 Å². The van der Waals surface area contributed by atoms with E-state index in [1.807, 2.05) is 36.4 Å². The van der Waals surface area contributed by atoms with Gasteiger partial charge in [0.25, 0.3) is 5.91 Å². The average Bonchev–Trinajstić information content (AvgIpc) is 3.04. The van der Waals surface area contributed by atoms with Crippen LogP contribution in [0.15, 0.2) is 40.9 Å². The SMILES string of the molecule is CC(C)CNC(=O)c1ccccc1NCc1cc2c(cc1Br)OCO2. The van der Waals surface area contributed by atoms with Gasteiger partial charge in [-0.3, -0.25) is 4.79 Å². The molecule has 2 aromatic carbocycles. The Morgan fingerprint density at radius 2 is 1.92 bits per heavy atom. The van der Waals surface area contributed by atoms with Gasteiger partial charge in [0.2, 0.25) is 6.79 Å². The summed E-state index contributed by atoms with van der Waals surface area (Å²) in [4.78, 5) is 12.4. The van der Waals surface area contributed by atoms with Gasteiger partial charge in [0, 0.05) is 23.2 Å². The van der Waals surface area contributed by atoms with Crippen molar-refractivity contribution in [3.63, 3.8) is 0 Å². The molecule has 0 saturated heterocycles. The van der Waals surface area contributed by atoms with Crippen LogP contribution in [0.2, 0.25) is 0 Å². The molecule has 0 fully saturated rings. The fourth-order valence-corrected chi connectivity index (χ4v) is 2.98. The fraction of sp³-hybridized carbons (Fsp3) is 0.316. The van der Waals surface area contributed by atoms with Crippen molar-refractivity contribution >= 4 is 27.5 Å². The third kappa shape index (κ3) is 4.25. The second kappa shape index (κ2) is 7.78. The minimum absolute atomic E-state index is 0.0680. The second-order valence-corrected chi connectivity index (χ2v) is 7.15. The highest BCUT2D eigenvalue weighted by atomic mass is 79.9. The smallest absolute Gasteiger partial charge is 0.253 e. The number of carbonyl (C=O) groups is 1. The van der Waals surface area contributed by atoms with Gasteiger partial charge in [0.05, 0.1) is 5.56 Å². The number of hydrogen-bond donors (Lipinski definition) is 2. The van der Waals surface area contributed by atoms with Crippen LogP contribution in [0.1, 0.15) is 29.8 Å². The highest BCUT2D eigenvalue weighted by Crippen LogP contribution is 2.37. The minimum Gasteiger partial charge on any atom is -0.454 e. The van der Waals surface area contributed by atoms with Crippen molar-refractivity contribution < 1.29 is 14.3 Å². The van der Waals surface area contributed by atoms with Crippen molar-refractivity contribution in [1.82, 2.24) is 5.32 Å². The summed E-state index contributed by atoms with van der Waals surface area (Å²) in [6.07, 6.45) is 0. The Labute approximate surface area is 155 Å². The molecule has 0 unspecified atom stereocenters. The van der Waals surface area contributed by atoms with E-state index in [0.29, 0.717) is 24.6 Å². The van der Waals surface area contributed by atoms with Crippen molar-refractivity contribution in [3.05, 3.63) is 52.0 Å². The zero-order valence-electron chi connectivity index (χ0n) is 14.3. The number of para-hydroxylation sites is 1. The first-order chi connectivity index (χ1) is 12.0. The van der Waals surface area contributed by atoms with Gasteiger partial charge in [0.15, 0.2) is 11.5 Å². The van der Waals surface area contributed by atoms with Gasteiger partial charge in [-0.15, -0.1) is 0 Å². The number of hydrogen-bond acceptors (Lipinski definition) is 4. The number of ether oxygens (including phenoxy) is 2. The Bertz CT molecular complexity index is 777. The molecule has 0 bridgehead atoms. The quantitative estimate of drug-likeness (QED) is 0.757. The Morgan fingerprint density at radius 1 is 1.20 bits per heavy atom. The lowest BCUT2D eigenvalue weighted by atomic mass is 10.1. The van der Waals surface area contributed by atoms with E-state index in [1.54, 1.807) is 0 Å². The molecule has 0 spiro atoms. The molecule has 132 valence electrons. The van der Waals surface area contributed by atoms with Crippen molar-refractivity contribution in [1.29, 1.82) is 0 Å². The second-order valence-electron chi connectivity index (χ2n) is 6.30. The van der Waals surface area contributed by atoms with Crippen molar-refractivity contribution in [2.24, 2.45) is 5.92 Å². The van der Waals surface area contributed by atoms with Crippen LogP contribution < -0.4 is 20.1 Å². The predicted molar refractivity (Wildman–Crippen MR) is 101 cm³/mol. The molecular formula is C19H21BrN2O3. The number of amides is 1. The molecule has 1 amide bonds. The number of benzene rings is 2. The van der Waals surface area contributed by atoms with Crippen LogP contribution >= 0.6 is 15.9 Å². The minimum atomic E-state index is -0.0680. The van der Waals surface area contributed by atoms with Crippen molar-refractivity contribution in [2.75, 3.05) is 18.7 Å². The van der Waals surface area contributed by atoms with E-state index < -0.39 is 0 Å². The number of halogens is 1. The molecule has 25 heavy (non-hydrogen) atoms. The molecule has 0 radical (unpaired) electrons. The van der Waals surface area contributed by atoms with Crippen molar-refractivity contribution in [2.45, 2.75) is 20.4 Å². The molecule has 2 aromatic rings. The van der Waals surface area contributed by atoms with Gasteiger partial charge in [-0.1, -0.05) is 41.9 Å². The maximum Gasteiger partial charge on any atom is 0.253 e. The number of fused-ring (bicyclic) bond motifs is 1. The molecule has 1 aliphatic heterocycles. The van der Waals surface area contributed by atoms with E-state index in [2.05, 4.69) is 40.4 Å². The molecule has 2 N–H and O–H groups in total. The van der Waals surface area contributed by atoms with Gasteiger partial charge in [-0.05, 0) is 35.7 Å². The highest BCUT2D eigenvalue weighted by Gasteiger charge is 2.17. The molecular weight excluding hydrogens is 384 g/mol.